The zero-order valence-corrected chi connectivity index (χ0v) is 12.8. The highest BCUT2D eigenvalue weighted by atomic mass is 16.5. The summed E-state index contributed by atoms with van der Waals surface area (Å²) in [7, 11) is 0. The Morgan fingerprint density at radius 3 is 2.25 bits per heavy atom. The Labute approximate surface area is 122 Å². The summed E-state index contributed by atoms with van der Waals surface area (Å²) in [5.41, 5.74) is 0. The number of amides is 1. The van der Waals surface area contributed by atoms with Gasteiger partial charge in [0.15, 0.2) is 0 Å². The minimum atomic E-state index is -0.402. The van der Waals surface area contributed by atoms with Gasteiger partial charge in [-0.25, -0.2) is 4.79 Å². The van der Waals surface area contributed by atoms with Crippen molar-refractivity contribution < 1.29 is 14.3 Å². The molecule has 0 aromatic heterocycles. The van der Waals surface area contributed by atoms with E-state index < -0.39 is 6.04 Å². The molecule has 1 amide bonds. The molecule has 20 heavy (non-hydrogen) atoms. The average Bonchev–Trinajstić information content (AvgIpc) is 2.87. The molecule has 4 nitrogen and oxygen atoms in total. The molecule has 1 atom stereocenters. The van der Waals surface area contributed by atoms with Gasteiger partial charge in [-0.05, 0) is 12.8 Å². The molecule has 1 fully saturated rings. The predicted octanol–water partition coefficient (Wildman–Crippen LogP) is 3.34. The number of ether oxygens (including phenoxy) is 1. The van der Waals surface area contributed by atoms with Crippen LogP contribution in [0, 0.1) is 0 Å². The van der Waals surface area contributed by atoms with Gasteiger partial charge in [0.05, 0.1) is 6.61 Å². The van der Waals surface area contributed by atoms with Crippen LogP contribution in [-0.4, -0.2) is 24.5 Å². The van der Waals surface area contributed by atoms with Gasteiger partial charge in [-0.15, -0.1) is 0 Å². The Balaban J connectivity index is 1.85. The smallest absolute Gasteiger partial charge is 0.328 e. The van der Waals surface area contributed by atoms with Crippen molar-refractivity contribution in [2.45, 2.75) is 83.6 Å². The molecule has 0 bridgehead atoms. The monoisotopic (exact) mass is 283 g/mol. The summed E-state index contributed by atoms with van der Waals surface area (Å²) in [6.45, 7) is 2.72. The van der Waals surface area contributed by atoms with E-state index in [4.69, 9.17) is 4.74 Å². The minimum Gasteiger partial charge on any atom is -0.464 e. The standard InChI is InChI=1S/C16H29NO3/c1-2-3-4-5-6-7-8-9-10-13-20-16(19)14-11-12-15(18)17-14/h14H,2-13H2,1H3,(H,17,18)/t14-/m0/s1. The van der Waals surface area contributed by atoms with Crippen molar-refractivity contribution in [3.8, 4) is 0 Å². The maximum Gasteiger partial charge on any atom is 0.328 e. The van der Waals surface area contributed by atoms with Crippen molar-refractivity contribution in [1.82, 2.24) is 5.32 Å². The summed E-state index contributed by atoms with van der Waals surface area (Å²) in [4.78, 5) is 22.6. The van der Waals surface area contributed by atoms with Crippen molar-refractivity contribution in [1.29, 1.82) is 0 Å². The van der Waals surface area contributed by atoms with Crippen molar-refractivity contribution >= 4 is 11.9 Å². The maximum atomic E-state index is 11.6. The van der Waals surface area contributed by atoms with Gasteiger partial charge in [0.25, 0.3) is 0 Å². The molecule has 116 valence electrons. The molecule has 1 saturated heterocycles. The van der Waals surface area contributed by atoms with Crippen LogP contribution in [0.15, 0.2) is 0 Å². The third-order valence-electron chi connectivity index (χ3n) is 3.77. The normalized spacial score (nSPS) is 18.1. The predicted molar refractivity (Wildman–Crippen MR) is 79.4 cm³/mol. The summed E-state index contributed by atoms with van der Waals surface area (Å²) in [5.74, 6) is -0.314. The van der Waals surface area contributed by atoms with E-state index in [2.05, 4.69) is 12.2 Å². The zero-order valence-electron chi connectivity index (χ0n) is 12.8. The molecule has 0 unspecified atom stereocenters. The second-order valence-corrected chi connectivity index (χ2v) is 5.65. The Morgan fingerprint density at radius 1 is 1.10 bits per heavy atom. The number of esters is 1. The number of nitrogens with one attached hydrogen (secondary N) is 1. The van der Waals surface area contributed by atoms with Crippen LogP contribution < -0.4 is 5.32 Å². The van der Waals surface area contributed by atoms with Crippen LogP contribution in [0.1, 0.15) is 77.6 Å². The molecule has 0 aliphatic carbocycles. The van der Waals surface area contributed by atoms with Crippen molar-refractivity contribution in [3.05, 3.63) is 0 Å². The number of carbonyl (C=O) groups excluding carboxylic acids is 2. The molecule has 0 saturated carbocycles. The molecule has 4 heteroatoms. The number of carbonyl (C=O) groups is 2. The molecule has 1 heterocycles. The highest BCUT2D eigenvalue weighted by molar-refractivity contribution is 5.87. The topological polar surface area (TPSA) is 55.4 Å². The third kappa shape index (κ3) is 7.51. The molecule has 1 aliphatic heterocycles. The first kappa shape index (κ1) is 17.0. The van der Waals surface area contributed by atoms with Crippen LogP contribution in [0.2, 0.25) is 0 Å². The van der Waals surface area contributed by atoms with Crippen LogP contribution in [0.4, 0.5) is 0 Å². The lowest BCUT2D eigenvalue weighted by molar-refractivity contribution is -0.146. The fourth-order valence-corrected chi connectivity index (χ4v) is 2.48. The molecule has 1 aliphatic rings. The Kier molecular flexibility index (Phi) is 9.09. The zero-order chi connectivity index (χ0) is 14.6. The second-order valence-electron chi connectivity index (χ2n) is 5.65. The maximum absolute atomic E-state index is 11.6. The van der Waals surface area contributed by atoms with Gasteiger partial charge in [0, 0.05) is 6.42 Å². The first-order chi connectivity index (χ1) is 9.74. The Hall–Kier alpha value is -1.06. The highest BCUT2D eigenvalue weighted by Crippen LogP contribution is 2.11. The van der Waals surface area contributed by atoms with Gasteiger partial charge in [-0.2, -0.15) is 0 Å². The van der Waals surface area contributed by atoms with Crippen LogP contribution >= 0.6 is 0 Å². The van der Waals surface area contributed by atoms with Gasteiger partial charge in [-0.1, -0.05) is 58.3 Å². The lowest BCUT2D eigenvalue weighted by Gasteiger charge is -2.09. The number of rotatable bonds is 11. The van der Waals surface area contributed by atoms with Crippen molar-refractivity contribution in [3.63, 3.8) is 0 Å². The molecular weight excluding hydrogens is 254 g/mol. The SMILES string of the molecule is CCCCCCCCCCCOC(=O)[C@@H]1CCC(=O)N1. The van der Waals surface area contributed by atoms with Crippen molar-refractivity contribution in [2.24, 2.45) is 0 Å². The first-order valence-electron chi connectivity index (χ1n) is 8.20. The first-order valence-corrected chi connectivity index (χ1v) is 8.20. The molecule has 0 spiro atoms. The quantitative estimate of drug-likeness (QED) is 0.467. The van der Waals surface area contributed by atoms with E-state index in [1.807, 2.05) is 0 Å². The summed E-state index contributed by atoms with van der Waals surface area (Å²) >= 11 is 0. The number of hydrogen-bond donors (Lipinski definition) is 1. The van der Waals surface area contributed by atoms with Crippen LogP contribution in [-0.2, 0) is 14.3 Å². The van der Waals surface area contributed by atoms with E-state index in [0.717, 1.165) is 12.8 Å². The third-order valence-corrected chi connectivity index (χ3v) is 3.77. The minimum absolute atomic E-state index is 0.0463. The van der Waals surface area contributed by atoms with Gasteiger partial charge in [-0.3, -0.25) is 4.79 Å². The van der Waals surface area contributed by atoms with Gasteiger partial charge in [0.1, 0.15) is 6.04 Å². The van der Waals surface area contributed by atoms with Crippen LogP contribution in [0.3, 0.4) is 0 Å². The molecule has 1 N–H and O–H groups in total. The summed E-state index contributed by atoms with van der Waals surface area (Å²) in [5, 5.41) is 2.63. The van der Waals surface area contributed by atoms with E-state index in [9.17, 15) is 9.59 Å². The van der Waals surface area contributed by atoms with Gasteiger partial charge >= 0.3 is 5.97 Å². The lowest BCUT2D eigenvalue weighted by Crippen LogP contribution is -2.34. The summed E-state index contributed by atoms with van der Waals surface area (Å²) < 4.78 is 5.18. The van der Waals surface area contributed by atoms with E-state index in [-0.39, 0.29) is 11.9 Å². The molecule has 0 aromatic carbocycles. The summed E-state index contributed by atoms with van der Waals surface area (Å²) in [6.07, 6.45) is 12.3. The highest BCUT2D eigenvalue weighted by Gasteiger charge is 2.28. The molecular formula is C16H29NO3. The fourth-order valence-electron chi connectivity index (χ4n) is 2.48. The fraction of sp³-hybridized carbons (Fsp3) is 0.875. The van der Waals surface area contributed by atoms with Crippen LogP contribution in [0.25, 0.3) is 0 Å². The summed E-state index contributed by atoms with van der Waals surface area (Å²) in [6, 6.07) is -0.402. The Bertz CT molecular complexity index is 291. The molecule has 0 radical (unpaired) electrons. The largest absolute Gasteiger partial charge is 0.464 e. The van der Waals surface area contributed by atoms with Gasteiger partial charge in [0.2, 0.25) is 5.91 Å². The van der Waals surface area contributed by atoms with E-state index in [1.165, 1.54) is 44.9 Å². The van der Waals surface area contributed by atoms with Crippen LogP contribution in [0.5, 0.6) is 0 Å². The van der Waals surface area contributed by atoms with Crippen molar-refractivity contribution in [2.75, 3.05) is 6.61 Å². The number of unbranched alkanes of at least 4 members (excludes halogenated alkanes) is 8. The van der Waals surface area contributed by atoms with E-state index in [1.54, 1.807) is 0 Å². The second kappa shape index (κ2) is 10.7. The molecule has 1 rings (SSSR count). The van der Waals surface area contributed by atoms with E-state index in [0.29, 0.717) is 19.4 Å². The Morgan fingerprint density at radius 2 is 1.70 bits per heavy atom. The van der Waals surface area contributed by atoms with Gasteiger partial charge < -0.3 is 10.1 Å². The van der Waals surface area contributed by atoms with E-state index >= 15 is 0 Å². The molecule has 0 aromatic rings. The lowest BCUT2D eigenvalue weighted by atomic mass is 10.1. The number of hydrogen-bond acceptors (Lipinski definition) is 3. The average molecular weight is 283 g/mol.